The first-order chi connectivity index (χ1) is 20.2. The first kappa shape index (κ1) is 29.0. The molecule has 3 aliphatic rings. The van der Waals surface area contributed by atoms with Gasteiger partial charge in [0.05, 0.1) is 49.8 Å². The molecular formula is C30H37ClN6O4S. The van der Waals surface area contributed by atoms with Gasteiger partial charge in [-0.25, -0.2) is 13.4 Å². The van der Waals surface area contributed by atoms with Crippen molar-refractivity contribution in [1.29, 1.82) is 0 Å². The maximum atomic E-state index is 12.4. The van der Waals surface area contributed by atoms with Crippen molar-refractivity contribution < 1.29 is 17.9 Å². The van der Waals surface area contributed by atoms with Crippen LogP contribution < -0.4 is 19.7 Å². The van der Waals surface area contributed by atoms with Crippen molar-refractivity contribution in [2.24, 2.45) is 0 Å². The number of fused-ring (bicyclic) bond motifs is 8. The van der Waals surface area contributed by atoms with E-state index < -0.39 is 10.0 Å². The average molecular weight is 613 g/mol. The zero-order chi connectivity index (χ0) is 29.4. The van der Waals surface area contributed by atoms with E-state index in [0.29, 0.717) is 34.2 Å². The van der Waals surface area contributed by atoms with Gasteiger partial charge in [-0.3, -0.25) is 9.21 Å². The molecule has 6 bridgehead atoms. The minimum atomic E-state index is -3.49. The molecule has 3 heterocycles. The van der Waals surface area contributed by atoms with Crippen LogP contribution in [0.2, 0.25) is 5.02 Å². The SMILES string of the molecule is COc1c2cc(c3c1CCC(N1CCOCC1)CC3)CCc1ccc(N(C)S(C)(=O)=O)c(c1)Nc1nc(ncc1Cl)N2. The Labute approximate surface area is 252 Å². The number of aromatic nitrogens is 2. The predicted octanol–water partition coefficient (Wildman–Crippen LogP) is 4.70. The zero-order valence-corrected chi connectivity index (χ0v) is 25.8. The fourth-order valence-corrected chi connectivity index (χ4v) is 7.01. The summed E-state index contributed by atoms with van der Waals surface area (Å²) >= 11 is 6.52. The number of rotatable bonds is 4. The first-order valence-electron chi connectivity index (χ1n) is 14.4. The summed E-state index contributed by atoms with van der Waals surface area (Å²) in [4.78, 5) is 11.7. The van der Waals surface area contributed by atoms with Crippen LogP contribution in [0.15, 0.2) is 30.5 Å². The molecule has 0 amide bonds. The van der Waals surface area contributed by atoms with Crippen LogP contribution in [-0.2, 0) is 40.4 Å². The number of aryl methyl sites for hydroxylation is 2. The molecule has 224 valence electrons. The Kier molecular flexibility index (Phi) is 8.19. The fourth-order valence-electron chi connectivity index (χ4n) is 6.35. The third-order valence-electron chi connectivity index (χ3n) is 8.63. The van der Waals surface area contributed by atoms with Gasteiger partial charge >= 0.3 is 0 Å². The van der Waals surface area contributed by atoms with Crippen LogP contribution in [0.4, 0.5) is 28.8 Å². The van der Waals surface area contributed by atoms with Gasteiger partial charge in [0.1, 0.15) is 10.8 Å². The lowest BCUT2D eigenvalue weighted by atomic mass is 9.91. The molecule has 0 saturated carbocycles. The molecule has 2 aliphatic heterocycles. The van der Waals surface area contributed by atoms with Crippen molar-refractivity contribution in [2.45, 2.75) is 44.6 Å². The Morgan fingerprint density at radius 2 is 1.81 bits per heavy atom. The maximum absolute atomic E-state index is 12.4. The lowest BCUT2D eigenvalue weighted by Gasteiger charge is -2.34. The molecule has 2 N–H and O–H groups in total. The summed E-state index contributed by atoms with van der Waals surface area (Å²) in [6.07, 6.45) is 8.39. The molecule has 2 aromatic carbocycles. The van der Waals surface area contributed by atoms with Crippen molar-refractivity contribution in [3.05, 3.63) is 57.7 Å². The van der Waals surface area contributed by atoms with E-state index in [0.717, 1.165) is 81.8 Å². The largest absolute Gasteiger partial charge is 0.494 e. The molecule has 0 spiro atoms. The van der Waals surface area contributed by atoms with E-state index in [1.165, 1.54) is 40.5 Å². The molecule has 6 rings (SSSR count). The third kappa shape index (κ3) is 5.88. The van der Waals surface area contributed by atoms with E-state index in [4.69, 9.17) is 21.1 Å². The average Bonchev–Trinajstić information content (AvgIpc) is 3.20. The molecule has 1 fully saturated rings. The van der Waals surface area contributed by atoms with E-state index in [-0.39, 0.29) is 0 Å². The van der Waals surface area contributed by atoms with Crippen LogP contribution in [0.5, 0.6) is 5.75 Å². The molecule has 12 heteroatoms. The van der Waals surface area contributed by atoms with Gasteiger partial charge in [-0.15, -0.1) is 0 Å². The van der Waals surface area contributed by atoms with Crippen LogP contribution in [-0.4, -0.2) is 76.0 Å². The number of nitrogens with one attached hydrogen (secondary N) is 2. The second-order valence-corrected chi connectivity index (χ2v) is 13.6. The van der Waals surface area contributed by atoms with Crippen molar-refractivity contribution in [3.8, 4) is 5.75 Å². The first-order valence-corrected chi connectivity index (χ1v) is 16.6. The highest BCUT2D eigenvalue weighted by Gasteiger charge is 2.28. The van der Waals surface area contributed by atoms with Crippen LogP contribution in [0.25, 0.3) is 0 Å². The fraction of sp³-hybridized carbons (Fsp3) is 0.467. The topological polar surface area (TPSA) is 109 Å². The molecule has 0 radical (unpaired) electrons. The lowest BCUT2D eigenvalue weighted by molar-refractivity contribution is 0.0136. The number of hydrogen-bond acceptors (Lipinski definition) is 9. The van der Waals surface area contributed by atoms with Gasteiger partial charge in [0.15, 0.2) is 5.82 Å². The molecule has 3 aromatic rings. The highest BCUT2D eigenvalue weighted by molar-refractivity contribution is 7.92. The van der Waals surface area contributed by atoms with Gasteiger partial charge in [-0.1, -0.05) is 17.7 Å². The summed E-state index contributed by atoms with van der Waals surface area (Å²) < 4.78 is 37.8. The van der Waals surface area contributed by atoms with Gasteiger partial charge in [0.2, 0.25) is 16.0 Å². The molecule has 1 aromatic heterocycles. The predicted molar refractivity (Wildman–Crippen MR) is 167 cm³/mol. The van der Waals surface area contributed by atoms with Crippen LogP contribution in [0.1, 0.15) is 35.1 Å². The van der Waals surface area contributed by atoms with Gasteiger partial charge < -0.3 is 20.1 Å². The zero-order valence-electron chi connectivity index (χ0n) is 24.2. The van der Waals surface area contributed by atoms with Crippen molar-refractivity contribution in [3.63, 3.8) is 0 Å². The summed E-state index contributed by atoms with van der Waals surface area (Å²) in [5, 5.41) is 6.99. The number of sulfonamides is 1. The van der Waals surface area contributed by atoms with Gasteiger partial charge in [0, 0.05) is 26.2 Å². The number of benzene rings is 2. The maximum Gasteiger partial charge on any atom is 0.232 e. The van der Waals surface area contributed by atoms with Gasteiger partial charge in [0.25, 0.3) is 0 Å². The quantitative estimate of drug-likeness (QED) is 0.405. The van der Waals surface area contributed by atoms with E-state index in [1.807, 2.05) is 18.2 Å². The Morgan fingerprint density at radius 3 is 2.55 bits per heavy atom. The molecule has 1 aliphatic carbocycles. The van der Waals surface area contributed by atoms with Crippen molar-refractivity contribution >= 4 is 50.5 Å². The van der Waals surface area contributed by atoms with Crippen LogP contribution >= 0.6 is 11.6 Å². The van der Waals surface area contributed by atoms with E-state index in [1.54, 1.807) is 7.11 Å². The molecule has 1 unspecified atom stereocenters. The van der Waals surface area contributed by atoms with Crippen LogP contribution in [0.3, 0.4) is 0 Å². The van der Waals surface area contributed by atoms with E-state index in [2.05, 4.69) is 31.6 Å². The molecular weight excluding hydrogens is 576 g/mol. The number of morpholine rings is 1. The highest BCUT2D eigenvalue weighted by atomic mass is 35.5. The smallest absolute Gasteiger partial charge is 0.232 e. The summed E-state index contributed by atoms with van der Waals surface area (Å²) in [6.45, 7) is 3.55. The van der Waals surface area contributed by atoms with Gasteiger partial charge in [-0.05, 0) is 79.0 Å². The summed E-state index contributed by atoms with van der Waals surface area (Å²) in [5.74, 6) is 1.56. The van der Waals surface area contributed by atoms with Crippen molar-refractivity contribution in [1.82, 2.24) is 14.9 Å². The Bertz CT molecular complexity index is 1600. The minimum absolute atomic E-state index is 0.317. The monoisotopic (exact) mass is 612 g/mol. The Hall–Kier alpha value is -3.12. The Balaban J connectivity index is 1.43. The number of hydrogen-bond donors (Lipinski definition) is 2. The minimum Gasteiger partial charge on any atom is -0.494 e. The number of methoxy groups -OCH3 is 1. The number of anilines is 5. The third-order valence-corrected chi connectivity index (χ3v) is 10.1. The van der Waals surface area contributed by atoms with Crippen LogP contribution in [0, 0.1) is 0 Å². The second-order valence-electron chi connectivity index (χ2n) is 11.2. The van der Waals surface area contributed by atoms with E-state index in [9.17, 15) is 8.42 Å². The van der Waals surface area contributed by atoms with Crippen molar-refractivity contribution in [2.75, 3.05) is 61.7 Å². The molecule has 1 saturated heterocycles. The van der Waals surface area contributed by atoms with Gasteiger partial charge in [-0.2, -0.15) is 4.98 Å². The highest BCUT2D eigenvalue weighted by Crippen LogP contribution is 2.41. The number of ether oxygens (including phenoxy) is 2. The van der Waals surface area contributed by atoms with E-state index >= 15 is 0 Å². The number of nitrogens with zero attached hydrogens (tertiary/aromatic N) is 4. The standard InChI is InChI=1S/C30H37ClN6O4S/c1-36(42(3,38)39)27-11-5-19-4-6-20-17-26(34-30-32-18-24(31)29(35-30)33-25(27)16-19)28(40-2)23-10-8-21(7-9-22(20)23)37-12-14-41-15-13-37/h5,11,16-18,21H,4,6-10,12-15H2,1-3H3,(H2,32,33,34,35). The molecule has 10 nitrogen and oxygen atoms in total. The molecule has 42 heavy (non-hydrogen) atoms. The summed E-state index contributed by atoms with van der Waals surface area (Å²) in [5.41, 5.74) is 6.90. The summed E-state index contributed by atoms with van der Waals surface area (Å²) in [7, 11) is -0.235. The lowest BCUT2D eigenvalue weighted by Crippen LogP contribution is -2.43. The molecule has 1 atom stereocenters. The normalized spacial score (nSPS) is 19.1. The number of halogens is 1. The second kappa shape index (κ2) is 11.9. The summed E-state index contributed by atoms with van der Waals surface area (Å²) in [6, 6.07) is 8.50. The Morgan fingerprint density at radius 1 is 1.05 bits per heavy atom.